The third kappa shape index (κ3) is 6.20. The second-order valence-corrected chi connectivity index (χ2v) is 8.73. The Balaban J connectivity index is 1.63. The summed E-state index contributed by atoms with van der Waals surface area (Å²) in [5.41, 5.74) is 2.54. The SMILES string of the molecule is CN(Cc1cccc(Cl)c1)C(=O)c1ccc(NS(=O)(=O)/C=C/c2ccccc2)cc1. The maximum atomic E-state index is 12.6. The van der Waals surface area contributed by atoms with Crippen molar-refractivity contribution in [3.05, 3.63) is 106 Å². The fraction of sp³-hybridized carbons (Fsp3) is 0.0870. The first-order valence-corrected chi connectivity index (χ1v) is 11.1. The third-order valence-electron chi connectivity index (χ3n) is 4.29. The normalized spacial score (nSPS) is 11.4. The zero-order valence-corrected chi connectivity index (χ0v) is 17.9. The summed E-state index contributed by atoms with van der Waals surface area (Å²) in [4.78, 5) is 14.2. The van der Waals surface area contributed by atoms with E-state index in [4.69, 9.17) is 11.6 Å². The molecule has 0 heterocycles. The van der Waals surface area contributed by atoms with Crippen LogP contribution in [0.25, 0.3) is 6.08 Å². The number of benzene rings is 3. The summed E-state index contributed by atoms with van der Waals surface area (Å²) in [6.07, 6.45) is 1.52. The summed E-state index contributed by atoms with van der Waals surface area (Å²) < 4.78 is 27.0. The van der Waals surface area contributed by atoms with E-state index in [1.807, 2.05) is 48.5 Å². The fourth-order valence-electron chi connectivity index (χ4n) is 2.81. The van der Waals surface area contributed by atoms with Crippen molar-refractivity contribution in [1.29, 1.82) is 0 Å². The summed E-state index contributed by atoms with van der Waals surface area (Å²) in [6, 6.07) is 22.8. The van der Waals surface area contributed by atoms with Gasteiger partial charge in [-0.1, -0.05) is 54.1 Å². The Kier molecular flexibility index (Phi) is 6.92. The van der Waals surface area contributed by atoms with E-state index in [1.165, 1.54) is 6.08 Å². The van der Waals surface area contributed by atoms with Crippen LogP contribution in [0.3, 0.4) is 0 Å². The predicted molar refractivity (Wildman–Crippen MR) is 122 cm³/mol. The number of nitrogens with one attached hydrogen (secondary N) is 1. The minimum atomic E-state index is -3.67. The van der Waals surface area contributed by atoms with Gasteiger partial charge in [-0.3, -0.25) is 9.52 Å². The van der Waals surface area contributed by atoms with Crippen LogP contribution in [0.2, 0.25) is 5.02 Å². The number of carbonyl (C=O) groups excluding carboxylic acids is 1. The van der Waals surface area contributed by atoms with Crippen LogP contribution in [0.15, 0.2) is 84.3 Å². The standard InChI is InChI=1S/C23H21ClN2O3S/c1-26(17-19-8-5-9-21(24)16-19)23(27)20-10-12-22(13-11-20)25-30(28,29)15-14-18-6-3-2-4-7-18/h2-16,25H,17H2,1H3/b15-14+. The van der Waals surface area contributed by atoms with Gasteiger partial charge in [-0.25, -0.2) is 8.42 Å². The van der Waals surface area contributed by atoms with Crippen LogP contribution in [0.1, 0.15) is 21.5 Å². The van der Waals surface area contributed by atoms with Gasteiger partial charge in [0.1, 0.15) is 0 Å². The van der Waals surface area contributed by atoms with Crippen molar-refractivity contribution < 1.29 is 13.2 Å². The van der Waals surface area contributed by atoms with Crippen LogP contribution >= 0.6 is 11.6 Å². The Bertz CT molecular complexity index is 1140. The highest BCUT2D eigenvalue weighted by atomic mass is 35.5. The van der Waals surface area contributed by atoms with Crippen molar-refractivity contribution in [2.45, 2.75) is 6.54 Å². The Morgan fingerprint density at radius 1 is 1.00 bits per heavy atom. The predicted octanol–water partition coefficient (Wildman–Crippen LogP) is 5.02. The molecule has 154 valence electrons. The first-order chi connectivity index (χ1) is 14.3. The molecule has 3 aromatic carbocycles. The lowest BCUT2D eigenvalue weighted by Gasteiger charge is -2.17. The molecule has 0 radical (unpaired) electrons. The minimum Gasteiger partial charge on any atom is -0.337 e. The molecule has 0 aliphatic carbocycles. The number of carbonyl (C=O) groups is 1. The highest BCUT2D eigenvalue weighted by molar-refractivity contribution is 7.95. The van der Waals surface area contributed by atoms with E-state index < -0.39 is 10.0 Å². The highest BCUT2D eigenvalue weighted by Crippen LogP contribution is 2.16. The zero-order chi connectivity index (χ0) is 21.6. The zero-order valence-electron chi connectivity index (χ0n) is 16.3. The van der Waals surface area contributed by atoms with Crippen LogP contribution in [-0.2, 0) is 16.6 Å². The third-order valence-corrected chi connectivity index (χ3v) is 5.54. The molecule has 0 aliphatic heterocycles. The molecule has 0 fully saturated rings. The summed E-state index contributed by atoms with van der Waals surface area (Å²) in [5.74, 6) is -0.173. The molecule has 0 saturated heterocycles. The molecule has 0 unspecified atom stereocenters. The number of hydrogen-bond acceptors (Lipinski definition) is 3. The van der Waals surface area contributed by atoms with Gasteiger partial charge >= 0.3 is 0 Å². The van der Waals surface area contributed by atoms with Crippen molar-refractivity contribution in [1.82, 2.24) is 4.90 Å². The second-order valence-electron chi connectivity index (χ2n) is 6.73. The van der Waals surface area contributed by atoms with Crippen molar-refractivity contribution >= 4 is 39.3 Å². The molecule has 30 heavy (non-hydrogen) atoms. The molecule has 1 N–H and O–H groups in total. The van der Waals surface area contributed by atoms with Gasteiger partial charge in [0.05, 0.1) is 5.41 Å². The average molecular weight is 441 g/mol. The molecule has 0 aliphatic rings. The molecule has 3 rings (SSSR count). The van der Waals surface area contributed by atoms with Crippen molar-refractivity contribution in [2.75, 3.05) is 11.8 Å². The molecule has 0 saturated carbocycles. The summed E-state index contributed by atoms with van der Waals surface area (Å²) in [5, 5.41) is 1.73. The Labute approximate surface area is 181 Å². The lowest BCUT2D eigenvalue weighted by molar-refractivity contribution is 0.0785. The van der Waals surface area contributed by atoms with Crippen molar-refractivity contribution in [3.8, 4) is 0 Å². The number of sulfonamides is 1. The van der Waals surface area contributed by atoms with Gasteiger partial charge in [0.2, 0.25) is 0 Å². The molecule has 7 heteroatoms. The Morgan fingerprint density at radius 3 is 2.37 bits per heavy atom. The lowest BCUT2D eigenvalue weighted by atomic mass is 10.1. The highest BCUT2D eigenvalue weighted by Gasteiger charge is 2.13. The first kappa shape index (κ1) is 21.6. The molecule has 3 aromatic rings. The molecule has 0 atom stereocenters. The molecule has 0 bridgehead atoms. The Hall–Kier alpha value is -3.09. The summed E-state index contributed by atoms with van der Waals surface area (Å²) in [7, 11) is -1.96. The Morgan fingerprint density at radius 2 is 1.70 bits per heavy atom. The monoisotopic (exact) mass is 440 g/mol. The maximum Gasteiger partial charge on any atom is 0.255 e. The molecule has 1 amide bonds. The van der Waals surface area contributed by atoms with E-state index >= 15 is 0 Å². The van der Waals surface area contributed by atoms with Crippen LogP contribution in [0.5, 0.6) is 0 Å². The number of rotatable bonds is 7. The van der Waals surface area contributed by atoms with E-state index in [9.17, 15) is 13.2 Å². The van der Waals surface area contributed by atoms with Crippen LogP contribution in [0, 0.1) is 0 Å². The van der Waals surface area contributed by atoms with Gasteiger partial charge in [-0.15, -0.1) is 0 Å². The summed E-state index contributed by atoms with van der Waals surface area (Å²) >= 11 is 5.99. The molecule has 0 aromatic heterocycles. The number of halogens is 1. The van der Waals surface area contributed by atoms with Crippen LogP contribution in [0.4, 0.5) is 5.69 Å². The molecular weight excluding hydrogens is 420 g/mol. The molecular formula is C23H21ClN2O3S. The van der Waals surface area contributed by atoms with E-state index in [0.29, 0.717) is 22.8 Å². The minimum absolute atomic E-state index is 0.173. The second kappa shape index (κ2) is 9.61. The van der Waals surface area contributed by atoms with Gasteiger partial charge < -0.3 is 4.90 Å². The first-order valence-electron chi connectivity index (χ1n) is 9.18. The van der Waals surface area contributed by atoms with E-state index in [0.717, 1.165) is 16.5 Å². The number of nitrogens with zero attached hydrogens (tertiary/aromatic N) is 1. The fourth-order valence-corrected chi connectivity index (χ4v) is 3.89. The average Bonchev–Trinajstić information content (AvgIpc) is 2.73. The van der Waals surface area contributed by atoms with Crippen molar-refractivity contribution in [2.24, 2.45) is 0 Å². The lowest BCUT2D eigenvalue weighted by Crippen LogP contribution is -2.26. The molecule has 5 nitrogen and oxygen atoms in total. The number of anilines is 1. The van der Waals surface area contributed by atoms with Crippen LogP contribution < -0.4 is 4.72 Å². The topological polar surface area (TPSA) is 66.5 Å². The van der Waals surface area contributed by atoms with E-state index in [-0.39, 0.29) is 5.91 Å². The molecule has 0 spiro atoms. The van der Waals surface area contributed by atoms with E-state index in [1.54, 1.807) is 42.3 Å². The maximum absolute atomic E-state index is 12.6. The smallest absolute Gasteiger partial charge is 0.255 e. The van der Waals surface area contributed by atoms with Crippen molar-refractivity contribution in [3.63, 3.8) is 0 Å². The summed E-state index contributed by atoms with van der Waals surface area (Å²) in [6.45, 7) is 0.415. The quantitative estimate of drug-likeness (QED) is 0.560. The number of amides is 1. The van der Waals surface area contributed by atoms with Gasteiger partial charge in [0.25, 0.3) is 15.9 Å². The van der Waals surface area contributed by atoms with Gasteiger partial charge in [-0.05, 0) is 53.6 Å². The van der Waals surface area contributed by atoms with Gasteiger partial charge in [0, 0.05) is 29.9 Å². The van der Waals surface area contributed by atoms with Crippen LogP contribution in [-0.4, -0.2) is 26.3 Å². The largest absolute Gasteiger partial charge is 0.337 e. The number of hydrogen-bond donors (Lipinski definition) is 1. The van der Waals surface area contributed by atoms with Gasteiger partial charge in [0.15, 0.2) is 0 Å². The van der Waals surface area contributed by atoms with E-state index in [2.05, 4.69) is 4.72 Å². The van der Waals surface area contributed by atoms with Gasteiger partial charge in [-0.2, -0.15) is 0 Å².